The normalized spacial score (nSPS) is 13.6. The number of aldehydes is 1. The molecule has 1 aliphatic heterocycles. The van der Waals surface area contributed by atoms with Gasteiger partial charge in [0.05, 0.1) is 5.56 Å². The first-order valence-corrected chi connectivity index (χ1v) is 13.8. The topological polar surface area (TPSA) is 141 Å². The molecule has 0 bridgehead atoms. The summed E-state index contributed by atoms with van der Waals surface area (Å²) in [5, 5.41) is 39.1. The number of rotatable bonds is 8. The Kier molecular flexibility index (Phi) is 12.8. The predicted octanol–water partition coefficient (Wildman–Crippen LogP) is 4.26. The second-order valence-electron chi connectivity index (χ2n) is 9.54. The average molecular weight is 554 g/mol. The fraction of sp³-hybridized carbons (Fsp3) is 0.467. The summed E-state index contributed by atoms with van der Waals surface area (Å²) in [6.07, 6.45) is 2.83. The zero-order chi connectivity index (χ0) is 29.8. The van der Waals surface area contributed by atoms with E-state index in [1.807, 2.05) is 58.9 Å². The predicted molar refractivity (Wildman–Crippen MR) is 156 cm³/mol. The molecule has 1 fully saturated rings. The summed E-state index contributed by atoms with van der Waals surface area (Å²) in [5.74, 6) is 0.0655. The highest BCUT2D eigenvalue weighted by atomic mass is 16.3. The van der Waals surface area contributed by atoms with Crippen LogP contribution < -0.4 is 5.32 Å². The first kappa shape index (κ1) is 32.5. The summed E-state index contributed by atoms with van der Waals surface area (Å²) in [4.78, 5) is 26.2. The second kappa shape index (κ2) is 15.7. The number of aliphatic hydroxyl groups is 1. The molecule has 0 aliphatic carbocycles. The summed E-state index contributed by atoms with van der Waals surface area (Å²) in [6, 6.07) is 10.8. The third kappa shape index (κ3) is 7.67. The molecule has 0 radical (unpaired) electrons. The number of carbonyl (C=O) groups is 2. The van der Waals surface area contributed by atoms with Gasteiger partial charge in [-0.2, -0.15) is 0 Å². The molecule has 0 spiro atoms. The number of amides is 1. The van der Waals surface area contributed by atoms with E-state index >= 15 is 0 Å². The lowest BCUT2D eigenvalue weighted by atomic mass is 9.98. The molecule has 4 rings (SSSR count). The van der Waals surface area contributed by atoms with E-state index in [1.165, 1.54) is 6.07 Å². The van der Waals surface area contributed by atoms with Gasteiger partial charge in [-0.05, 0) is 68.1 Å². The molecule has 10 heteroatoms. The molecule has 4 N–H and O–H groups in total. The van der Waals surface area contributed by atoms with Crippen LogP contribution >= 0.6 is 0 Å². The number of hydrogen-bond acceptors (Lipinski definition) is 8. The number of phenolic OH excluding ortho intramolecular Hbond substituents is 2. The van der Waals surface area contributed by atoms with Crippen molar-refractivity contribution in [1.82, 2.24) is 25.0 Å². The van der Waals surface area contributed by atoms with E-state index in [0.717, 1.165) is 51.4 Å². The smallest absolute Gasteiger partial charge is 0.289 e. The van der Waals surface area contributed by atoms with Crippen LogP contribution in [0.2, 0.25) is 0 Å². The molecular weight excluding hydrogens is 510 g/mol. The number of aromatic nitrogens is 3. The van der Waals surface area contributed by atoms with Crippen LogP contribution in [0.1, 0.15) is 75.1 Å². The van der Waals surface area contributed by atoms with E-state index in [1.54, 1.807) is 10.6 Å². The fourth-order valence-corrected chi connectivity index (χ4v) is 4.58. The summed E-state index contributed by atoms with van der Waals surface area (Å²) in [7, 11) is 1.00. The highest BCUT2D eigenvalue weighted by molar-refractivity contribution is 5.92. The summed E-state index contributed by atoms with van der Waals surface area (Å²) < 4.78 is 1.63. The Bertz CT molecular complexity index is 1230. The van der Waals surface area contributed by atoms with E-state index < -0.39 is 0 Å². The second-order valence-corrected chi connectivity index (χ2v) is 9.54. The maximum Gasteiger partial charge on any atom is 0.289 e. The van der Waals surface area contributed by atoms with E-state index in [0.29, 0.717) is 29.2 Å². The van der Waals surface area contributed by atoms with E-state index in [4.69, 9.17) is 5.11 Å². The van der Waals surface area contributed by atoms with Crippen molar-refractivity contribution in [3.8, 4) is 28.6 Å². The van der Waals surface area contributed by atoms with Crippen molar-refractivity contribution >= 4 is 12.2 Å². The largest absolute Gasteiger partial charge is 0.508 e. The van der Waals surface area contributed by atoms with Crippen molar-refractivity contribution in [1.29, 1.82) is 0 Å². The zero-order valence-electron chi connectivity index (χ0n) is 24.4. The standard InChI is InChI=1S/C27H33N5O4.C2H6.CH4O/c1-4-28-27(36)26-30-29-25(22-13-21(17(2)3)23(34)14-24(22)35)32(26)20-7-5-18(6-8-20)15-31-11-9-19(16-33)10-12-31;2*1-2/h5-8,13-14,16-17,19,34-35H,4,9-12,15H2,1-3H3,(H,28,36);1-2H3;2H,1H3. The molecule has 0 saturated carbocycles. The summed E-state index contributed by atoms with van der Waals surface area (Å²) >= 11 is 0. The Labute approximate surface area is 236 Å². The van der Waals surface area contributed by atoms with Gasteiger partial charge in [-0.3, -0.25) is 14.3 Å². The lowest BCUT2D eigenvalue weighted by molar-refractivity contribution is -0.112. The van der Waals surface area contributed by atoms with Crippen molar-refractivity contribution in [3.05, 3.63) is 53.3 Å². The number of aliphatic hydroxyl groups excluding tert-OH is 1. The van der Waals surface area contributed by atoms with Gasteiger partial charge in [0.1, 0.15) is 17.8 Å². The third-order valence-corrected chi connectivity index (χ3v) is 6.64. The number of hydrogen-bond donors (Lipinski definition) is 4. The Morgan fingerprint density at radius 2 is 1.68 bits per heavy atom. The quantitative estimate of drug-likeness (QED) is 0.303. The van der Waals surface area contributed by atoms with Crippen molar-refractivity contribution in [3.63, 3.8) is 0 Å². The molecule has 2 heterocycles. The Hall–Kier alpha value is -3.76. The van der Waals surface area contributed by atoms with Crippen LogP contribution in [0.4, 0.5) is 0 Å². The third-order valence-electron chi connectivity index (χ3n) is 6.64. The number of likely N-dealkylation sites (tertiary alicyclic amines) is 1. The lowest BCUT2D eigenvalue weighted by Crippen LogP contribution is -2.33. The van der Waals surface area contributed by atoms with Crippen LogP contribution in [0.5, 0.6) is 11.5 Å². The molecular formula is C30H43N5O5. The highest BCUT2D eigenvalue weighted by Crippen LogP contribution is 2.38. The van der Waals surface area contributed by atoms with E-state index in [-0.39, 0.29) is 35.1 Å². The molecule has 3 aromatic rings. The Balaban J connectivity index is 0.00000134. The average Bonchev–Trinajstić information content (AvgIpc) is 3.41. The number of phenols is 2. The molecule has 40 heavy (non-hydrogen) atoms. The molecule has 0 unspecified atom stereocenters. The number of carbonyl (C=O) groups excluding carboxylic acids is 2. The van der Waals surface area contributed by atoms with Crippen molar-refractivity contribution in [2.24, 2.45) is 5.92 Å². The molecule has 218 valence electrons. The minimum absolute atomic E-state index is 0.00259. The molecule has 10 nitrogen and oxygen atoms in total. The van der Waals surface area contributed by atoms with Crippen LogP contribution in [0.15, 0.2) is 36.4 Å². The molecule has 1 saturated heterocycles. The Morgan fingerprint density at radius 1 is 1.05 bits per heavy atom. The minimum atomic E-state index is -0.374. The van der Waals surface area contributed by atoms with Crippen molar-refractivity contribution < 1.29 is 24.9 Å². The number of piperidine rings is 1. The lowest BCUT2D eigenvalue weighted by Gasteiger charge is -2.29. The van der Waals surface area contributed by atoms with Gasteiger partial charge in [-0.1, -0.05) is 39.8 Å². The minimum Gasteiger partial charge on any atom is -0.508 e. The fourth-order valence-electron chi connectivity index (χ4n) is 4.58. The molecule has 0 atom stereocenters. The summed E-state index contributed by atoms with van der Waals surface area (Å²) in [5.41, 5.74) is 2.83. The SMILES string of the molecule is CC.CCNC(=O)c1nnc(-c2cc(C(C)C)c(O)cc2O)n1-c1ccc(CN2CCC(C=O)CC2)cc1.CO. The van der Waals surface area contributed by atoms with Crippen LogP contribution in [-0.4, -0.2) is 73.9 Å². The van der Waals surface area contributed by atoms with E-state index in [9.17, 15) is 19.8 Å². The van der Waals surface area contributed by atoms with Gasteiger partial charge in [-0.25, -0.2) is 0 Å². The van der Waals surface area contributed by atoms with Crippen LogP contribution in [0.3, 0.4) is 0 Å². The van der Waals surface area contributed by atoms with Gasteiger partial charge < -0.3 is 25.4 Å². The molecule has 2 aromatic carbocycles. The first-order valence-electron chi connectivity index (χ1n) is 13.8. The van der Waals surface area contributed by atoms with Crippen molar-refractivity contribution in [2.75, 3.05) is 26.7 Å². The number of aromatic hydroxyl groups is 2. The molecule has 1 aromatic heterocycles. The molecule has 1 amide bonds. The maximum atomic E-state index is 12.8. The number of nitrogens with one attached hydrogen (secondary N) is 1. The zero-order valence-corrected chi connectivity index (χ0v) is 24.4. The molecule has 1 aliphatic rings. The van der Waals surface area contributed by atoms with Crippen LogP contribution in [0.25, 0.3) is 17.1 Å². The Morgan fingerprint density at radius 3 is 2.23 bits per heavy atom. The monoisotopic (exact) mass is 553 g/mol. The van der Waals surface area contributed by atoms with Gasteiger partial charge in [-0.15, -0.1) is 10.2 Å². The summed E-state index contributed by atoms with van der Waals surface area (Å²) in [6.45, 7) is 12.7. The van der Waals surface area contributed by atoms with Crippen LogP contribution in [-0.2, 0) is 11.3 Å². The van der Waals surface area contributed by atoms with Gasteiger partial charge in [0.2, 0.25) is 5.82 Å². The number of nitrogens with zero attached hydrogens (tertiary/aromatic N) is 4. The van der Waals surface area contributed by atoms with Gasteiger partial charge in [0.25, 0.3) is 5.91 Å². The van der Waals surface area contributed by atoms with E-state index in [2.05, 4.69) is 20.4 Å². The van der Waals surface area contributed by atoms with Crippen molar-refractivity contribution in [2.45, 2.75) is 59.9 Å². The van der Waals surface area contributed by atoms with Gasteiger partial charge >= 0.3 is 0 Å². The highest BCUT2D eigenvalue weighted by Gasteiger charge is 2.24. The van der Waals surface area contributed by atoms with Gasteiger partial charge in [0, 0.05) is 37.9 Å². The first-order chi connectivity index (χ1) is 19.3. The van der Waals surface area contributed by atoms with Gasteiger partial charge in [0.15, 0.2) is 5.82 Å². The maximum absolute atomic E-state index is 12.8. The van der Waals surface area contributed by atoms with Crippen LogP contribution in [0, 0.1) is 5.92 Å². The number of benzene rings is 2.